The summed E-state index contributed by atoms with van der Waals surface area (Å²) in [5.74, 6) is 0.400. The van der Waals surface area contributed by atoms with Crippen LogP contribution in [0.25, 0.3) is 10.6 Å². The van der Waals surface area contributed by atoms with Gasteiger partial charge < -0.3 is 14.5 Å². The first-order chi connectivity index (χ1) is 16.1. The Morgan fingerprint density at radius 2 is 1.82 bits per heavy atom. The largest absolute Gasteiger partial charge is 0.476 e. The molecule has 0 spiro atoms. The van der Waals surface area contributed by atoms with Gasteiger partial charge in [0.25, 0.3) is 5.91 Å². The number of ether oxygens (including phenoxy) is 1. The van der Waals surface area contributed by atoms with E-state index in [9.17, 15) is 9.59 Å². The lowest BCUT2D eigenvalue weighted by atomic mass is 10.1. The normalized spacial score (nSPS) is 17.9. The van der Waals surface area contributed by atoms with Gasteiger partial charge >= 0.3 is 0 Å². The number of para-hydroxylation sites is 2. The Morgan fingerprint density at radius 1 is 1.06 bits per heavy atom. The van der Waals surface area contributed by atoms with Crippen LogP contribution in [0.2, 0.25) is 5.02 Å². The van der Waals surface area contributed by atoms with Crippen LogP contribution >= 0.6 is 22.9 Å². The van der Waals surface area contributed by atoms with Crippen molar-refractivity contribution in [3.63, 3.8) is 0 Å². The number of aromatic nitrogens is 1. The zero-order chi connectivity index (χ0) is 22.8. The number of fused-ring (bicyclic) bond motifs is 1. The minimum atomic E-state index is -0.698. The summed E-state index contributed by atoms with van der Waals surface area (Å²) in [6, 6.07) is 14.9. The molecule has 1 atom stereocenters. The molecule has 2 aromatic carbocycles. The molecule has 0 radical (unpaired) electrons. The van der Waals surface area contributed by atoms with E-state index < -0.39 is 6.10 Å². The summed E-state index contributed by atoms with van der Waals surface area (Å²) < 4.78 is 6.04. The Balaban J connectivity index is 1.35. The molecule has 2 aliphatic heterocycles. The van der Waals surface area contributed by atoms with Crippen molar-refractivity contribution in [3.8, 4) is 16.3 Å². The zero-order valence-electron chi connectivity index (χ0n) is 18.1. The summed E-state index contributed by atoms with van der Waals surface area (Å²) in [6.45, 7) is 1.70. The molecule has 3 heterocycles. The van der Waals surface area contributed by atoms with Gasteiger partial charge in [0.05, 0.1) is 29.4 Å². The predicted molar refractivity (Wildman–Crippen MR) is 130 cm³/mol. The molecule has 0 N–H and O–H groups in total. The van der Waals surface area contributed by atoms with Crippen LogP contribution < -0.4 is 9.64 Å². The molecule has 33 heavy (non-hydrogen) atoms. The van der Waals surface area contributed by atoms with E-state index in [0.29, 0.717) is 22.2 Å². The van der Waals surface area contributed by atoms with Crippen molar-refractivity contribution in [2.45, 2.75) is 31.8 Å². The van der Waals surface area contributed by atoms with Crippen molar-refractivity contribution in [1.29, 1.82) is 0 Å². The van der Waals surface area contributed by atoms with E-state index >= 15 is 0 Å². The first-order valence-corrected chi connectivity index (χ1v) is 12.4. The number of hydrogen-bond acceptors (Lipinski definition) is 5. The smallest absolute Gasteiger partial charge is 0.265 e. The third kappa shape index (κ3) is 4.61. The second-order valence-electron chi connectivity index (χ2n) is 8.27. The molecule has 0 bridgehead atoms. The molecule has 170 valence electrons. The molecule has 1 aromatic heterocycles. The van der Waals surface area contributed by atoms with Gasteiger partial charge in [-0.25, -0.2) is 4.98 Å². The highest BCUT2D eigenvalue weighted by molar-refractivity contribution is 7.13. The van der Waals surface area contributed by atoms with Gasteiger partial charge in [-0.2, -0.15) is 0 Å². The molecule has 8 heteroatoms. The second-order valence-corrected chi connectivity index (χ2v) is 9.53. The maximum atomic E-state index is 13.4. The Morgan fingerprint density at radius 3 is 2.64 bits per heavy atom. The standard InChI is InChI=1S/C25H24ClN3O3S/c26-19-9-3-2-8-18(19)24-27-17(16-33-24)14-23(30)29-15-22(25(31)28-12-6-1-7-13-28)32-21-11-5-4-10-20(21)29/h2-5,8-11,16,22H,1,6-7,12-15H2. The van der Waals surface area contributed by atoms with Crippen LogP contribution in [0.15, 0.2) is 53.9 Å². The van der Waals surface area contributed by atoms with Gasteiger partial charge in [-0.05, 0) is 37.5 Å². The molecule has 3 aromatic rings. The first kappa shape index (κ1) is 21.9. The highest BCUT2D eigenvalue weighted by Crippen LogP contribution is 2.35. The highest BCUT2D eigenvalue weighted by atomic mass is 35.5. The summed E-state index contributed by atoms with van der Waals surface area (Å²) >= 11 is 7.77. The van der Waals surface area contributed by atoms with Crippen LogP contribution in [0.3, 0.4) is 0 Å². The monoisotopic (exact) mass is 481 g/mol. The Hall–Kier alpha value is -2.90. The number of halogens is 1. The number of nitrogens with zero attached hydrogens (tertiary/aromatic N) is 3. The number of piperidine rings is 1. The summed E-state index contributed by atoms with van der Waals surface area (Å²) in [7, 11) is 0. The highest BCUT2D eigenvalue weighted by Gasteiger charge is 2.36. The van der Waals surface area contributed by atoms with Crippen LogP contribution in [0.1, 0.15) is 25.0 Å². The van der Waals surface area contributed by atoms with Gasteiger partial charge in [-0.3, -0.25) is 9.59 Å². The van der Waals surface area contributed by atoms with Crippen LogP contribution in [-0.4, -0.2) is 47.4 Å². The number of carbonyl (C=O) groups is 2. The third-order valence-corrected chi connectivity index (χ3v) is 7.26. The Labute approximate surface area is 201 Å². The van der Waals surface area contributed by atoms with Gasteiger partial charge in [-0.1, -0.05) is 41.9 Å². The van der Waals surface area contributed by atoms with Gasteiger partial charge in [0, 0.05) is 24.0 Å². The van der Waals surface area contributed by atoms with Crippen molar-refractivity contribution in [1.82, 2.24) is 9.88 Å². The number of amides is 2. The molecule has 6 nitrogen and oxygen atoms in total. The third-order valence-electron chi connectivity index (χ3n) is 6.01. The minimum Gasteiger partial charge on any atom is -0.476 e. The fourth-order valence-electron chi connectivity index (χ4n) is 4.31. The van der Waals surface area contributed by atoms with E-state index in [4.69, 9.17) is 16.3 Å². The van der Waals surface area contributed by atoms with E-state index in [-0.39, 0.29) is 24.8 Å². The molecule has 1 fully saturated rings. The van der Waals surface area contributed by atoms with E-state index in [2.05, 4.69) is 4.98 Å². The minimum absolute atomic E-state index is 0.0448. The van der Waals surface area contributed by atoms with Crippen LogP contribution in [0.5, 0.6) is 5.75 Å². The van der Waals surface area contributed by atoms with E-state index in [1.807, 2.05) is 58.8 Å². The Kier molecular flexibility index (Phi) is 6.33. The fraction of sp³-hybridized carbons (Fsp3) is 0.320. The van der Waals surface area contributed by atoms with Gasteiger partial charge in [0.1, 0.15) is 10.8 Å². The number of rotatable bonds is 4. The quantitative estimate of drug-likeness (QED) is 0.536. The van der Waals surface area contributed by atoms with E-state index in [1.165, 1.54) is 11.3 Å². The maximum Gasteiger partial charge on any atom is 0.265 e. The van der Waals surface area contributed by atoms with Crippen LogP contribution in [0.4, 0.5) is 5.69 Å². The maximum absolute atomic E-state index is 13.4. The molecular formula is C25H24ClN3O3S. The molecule has 1 saturated heterocycles. The van der Waals surface area contributed by atoms with E-state index in [0.717, 1.165) is 42.9 Å². The van der Waals surface area contributed by atoms with Crippen LogP contribution in [0, 0.1) is 0 Å². The number of thiazole rings is 1. The van der Waals surface area contributed by atoms with Gasteiger partial charge in [0.2, 0.25) is 5.91 Å². The molecule has 1 unspecified atom stereocenters. The molecule has 2 aliphatic rings. The molecule has 2 amide bonds. The van der Waals surface area contributed by atoms with Crippen molar-refractivity contribution < 1.29 is 14.3 Å². The number of hydrogen-bond donors (Lipinski definition) is 0. The first-order valence-electron chi connectivity index (χ1n) is 11.1. The summed E-state index contributed by atoms with van der Waals surface area (Å²) in [6.07, 6.45) is 2.60. The fourth-order valence-corrected chi connectivity index (χ4v) is 5.45. The molecule has 0 aliphatic carbocycles. The van der Waals surface area contributed by atoms with Gasteiger partial charge in [0.15, 0.2) is 6.10 Å². The lowest BCUT2D eigenvalue weighted by molar-refractivity contribution is -0.139. The number of anilines is 1. The lowest BCUT2D eigenvalue weighted by Gasteiger charge is -2.37. The second kappa shape index (κ2) is 9.53. The average Bonchev–Trinajstić information content (AvgIpc) is 3.31. The zero-order valence-corrected chi connectivity index (χ0v) is 19.6. The van der Waals surface area contributed by atoms with Crippen molar-refractivity contribution >= 4 is 40.4 Å². The molecule has 0 saturated carbocycles. The Bertz CT molecular complexity index is 1170. The molecular weight excluding hydrogens is 458 g/mol. The summed E-state index contributed by atoms with van der Waals surface area (Å²) in [5.41, 5.74) is 2.22. The molecule has 5 rings (SSSR count). The SMILES string of the molecule is O=C(C1CN(C(=O)Cc2csc(-c3ccccc3Cl)n2)c2ccccc2O1)N1CCCCC1. The summed E-state index contributed by atoms with van der Waals surface area (Å²) in [5, 5.41) is 3.30. The predicted octanol–water partition coefficient (Wildman–Crippen LogP) is 4.81. The topological polar surface area (TPSA) is 62.7 Å². The van der Waals surface area contributed by atoms with Crippen molar-refractivity contribution in [3.05, 3.63) is 64.6 Å². The lowest BCUT2D eigenvalue weighted by Crippen LogP contribution is -2.53. The number of benzene rings is 2. The summed E-state index contributed by atoms with van der Waals surface area (Å²) in [4.78, 5) is 34.7. The van der Waals surface area contributed by atoms with E-state index in [1.54, 1.807) is 4.90 Å². The van der Waals surface area contributed by atoms with Crippen LogP contribution in [-0.2, 0) is 16.0 Å². The van der Waals surface area contributed by atoms with Crippen molar-refractivity contribution in [2.24, 2.45) is 0 Å². The number of likely N-dealkylation sites (tertiary alicyclic amines) is 1. The van der Waals surface area contributed by atoms with Crippen molar-refractivity contribution in [2.75, 3.05) is 24.5 Å². The number of carbonyl (C=O) groups excluding carboxylic acids is 2. The average molecular weight is 482 g/mol. The van der Waals surface area contributed by atoms with Gasteiger partial charge in [-0.15, -0.1) is 11.3 Å².